The number of thiocarbonyl (C=S) groups is 1. The third-order valence-corrected chi connectivity index (χ3v) is 10.6. The number of allylic oxidation sites excluding steroid dienone is 1. The number of carbonyl (C=O) groups excluding carboxylic acids is 5. The summed E-state index contributed by atoms with van der Waals surface area (Å²) in [5, 5.41) is 12.9. The van der Waals surface area contributed by atoms with Gasteiger partial charge in [0, 0.05) is 12.8 Å². The molecular weight excluding hydrogens is 653 g/mol. The molecule has 0 aromatic heterocycles. The molecule has 4 atom stereocenters. The molecule has 3 aliphatic rings. The maximum Gasteiger partial charge on any atom is 0.256 e. The summed E-state index contributed by atoms with van der Waals surface area (Å²) in [6.07, 6.45) is 9.68. The monoisotopic (exact) mass is 708 g/mol. The Kier molecular flexibility index (Phi) is 12.3. The first-order chi connectivity index (χ1) is 23.3. The topological polar surface area (TPSA) is 136 Å². The van der Waals surface area contributed by atoms with Crippen LogP contribution in [0.4, 0.5) is 0 Å². The fourth-order valence-electron chi connectivity index (χ4n) is 7.44. The fourth-order valence-corrected chi connectivity index (χ4v) is 7.68. The quantitative estimate of drug-likeness (QED) is 0.0918. The number of hydrazine groups is 2. The Hall–Kier alpha value is -3.60. The lowest BCUT2D eigenvalue weighted by atomic mass is 9.71. The van der Waals surface area contributed by atoms with Crippen molar-refractivity contribution in [1.29, 1.82) is 0 Å². The molecule has 4 rings (SSSR count). The second-order valence-corrected chi connectivity index (χ2v) is 16.9. The molecule has 0 saturated carbocycles. The van der Waals surface area contributed by atoms with E-state index in [0.29, 0.717) is 23.4 Å². The van der Waals surface area contributed by atoms with Gasteiger partial charge in [0.15, 0.2) is 0 Å². The molecule has 11 heteroatoms. The number of unbranched alkanes of at least 4 members (excludes halogenated alkanes) is 5. The second kappa shape index (κ2) is 15.7. The minimum Gasteiger partial charge on any atom is -0.507 e. The predicted octanol–water partition coefficient (Wildman–Crippen LogP) is 6.48. The molecule has 2 fully saturated rings. The number of carbonyl (C=O) groups is 5. The number of nitrogens with one attached hydrogen (secondary N) is 2. The number of phenolic OH excluding ortho intramolecular Hbond substituents is 1. The van der Waals surface area contributed by atoms with Crippen LogP contribution >= 0.6 is 12.2 Å². The number of hydrogen-bond acceptors (Lipinski definition) is 7. The lowest BCUT2D eigenvalue weighted by molar-refractivity contribution is -0.149. The van der Waals surface area contributed by atoms with Crippen LogP contribution in [0, 0.1) is 23.7 Å². The van der Waals surface area contributed by atoms with Crippen molar-refractivity contribution in [2.75, 3.05) is 0 Å². The normalized spacial score (nSPS) is 22.6. The molecule has 0 spiro atoms. The number of nitrogens with zero attached hydrogens (tertiary/aromatic N) is 2. The molecule has 274 valence electrons. The summed E-state index contributed by atoms with van der Waals surface area (Å²) in [6.45, 7) is 16.1. The minimum atomic E-state index is -0.739. The van der Waals surface area contributed by atoms with Gasteiger partial charge >= 0.3 is 0 Å². The number of imide groups is 2. The molecular formula is C39H56N4O6S. The van der Waals surface area contributed by atoms with E-state index in [4.69, 9.17) is 12.2 Å². The van der Waals surface area contributed by atoms with E-state index >= 15 is 0 Å². The number of hydrogen-bond donors (Lipinski definition) is 3. The van der Waals surface area contributed by atoms with Gasteiger partial charge in [0.05, 0.1) is 22.7 Å². The van der Waals surface area contributed by atoms with Gasteiger partial charge in [-0.25, -0.2) is 0 Å². The van der Waals surface area contributed by atoms with Crippen LogP contribution in [-0.2, 0) is 41.2 Å². The number of amides is 5. The largest absolute Gasteiger partial charge is 0.507 e. The van der Waals surface area contributed by atoms with Gasteiger partial charge in [0.25, 0.3) is 17.7 Å². The summed E-state index contributed by atoms with van der Waals surface area (Å²) < 4.78 is 0. The van der Waals surface area contributed by atoms with Gasteiger partial charge in [-0.1, -0.05) is 117 Å². The van der Waals surface area contributed by atoms with Crippen molar-refractivity contribution >= 4 is 46.7 Å². The number of rotatable bonds is 13. The van der Waals surface area contributed by atoms with E-state index in [2.05, 4.69) is 17.8 Å². The highest BCUT2D eigenvalue weighted by molar-refractivity contribution is 7.80. The van der Waals surface area contributed by atoms with E-state index in [-0.39, 0.29) is 47.7 Å². The van der Waals surface area contributed by atoms with Crippen LogP contribution < -0.4 is 10.9 Å². The zero-order chi connectivity index (χ0) is 37.1. The lowest BCUT2D eigenvalue weighted by Crippen LogP contribution is -2.46. The third-order valence-electron chi connectivity index (χ3n) is 10.3. The number of aryl methyl sites for hydroxylation is 1. The predicted molar refractivity (Wildman–Crippen MR) is 196 cm³/mol. The van der Waals surface area contributed by atoms with Crippen LogP contribution in [0.3, 0.4) is 0 Å². The van der Waals surface area contributed by atoms with Crippen LogP contribution in [0.25, 0.3) is 0 Å². The lowest BCUT2D eigenvalue weighted by Gasteiger charge is -2.29. The molecule has 2 heterocycles. The number of benzene rings is 1. The zero-order valence-electron chi connectivity index (χ0n) is 31.1. The number of fused-ring (bicyclic) bond motifs is 1. The Labute approximate surface area is 302 Å². The van der Waals surface area contributed by atoms with Crippen molar-refractivity contribution in [3.05, 3.63) is 40.5 Å². The van der Waals surface area contributed by atoms with Crippen LogP contribution in [0.5, 0.6) is 5.75 Å². The van der Waals surface area contributed by atoms with Gasteiger partial charge in [-0.05, 0) is 66.0 Å². The van der Waals surface area contributed by atoms with Crippen molar-refractivity contribution < 1.29 is 29.1 Å². The van der Waals surface area contributed by atoms with Gasteiger partial charge in [-0.3, -0.25) is 34.8 Å². The molecule has 2 aliphatic heterocycles. The minimum absolute atomic E-state index is 0.00893. The summed E-state index contributed by atoms with van der Waals surface area (Å²) >= 11 is 5.44. The second-order valence-electron chi connectivity index (χ2n) is 16.4. The Morgan fingerprint density at radius 2 is 1.42 bits per heavy atom. The summed E-state index contributed by atoms with van der Waals surface area (Å²) in [5.41, 5.74) is 7.89. The summed E-state index contributed by atoms with van der Waals surface area (Å²) in [7, 11) is 0. The Morgan fingerprint density at radius 3 is 2.02 bits per heavy atom. The smallest absolute Gasteiger partial charge is 0.256 e. The van der Waals surface area contributed by atoms with Crippen LogP contribution in [-0.4, -0.2) is 49.6 Å². The molecule has 0 radical (unpaired) electrons. The molecule has 5 amide bonds. The van der Waals surface area contributed by atoms with Crippen molar-refractivity contribution in [1.82, 2.24) is 20.9 Å². The zero-order valence-corrected chi connectivity index (χ0v) is 31.9. The van der Waals surface area contributed by atoms with Crippen molar-refractivity contribution in [3.63, 3.8) is 0 Å². The molecule has 1 aromatic carbocycles. The van der Waals surface area contributed by atoms with Crippen LogP contribution in [0.2, 0.25) is 0 Å². The summed E-state index contributed by atoms with van der Waals surface area (Å²) in [6, 6.07) is 3.84. The molecule has 1 aromatic rings. The highest BCUT2D eigenvalue weighted by atomic mass is 32.1. The first-order valence-electron chi connectivity index (χ1n) is 18.2. The Balaban J connectivity index is 1.37. The Bertz CT molecular complexity index is 1520. The molecule has 4 unspecified atom stereocenters. The Morgan fingerprint density at radius 1 is 0.840 bits per heavy atom. The standard InChI is InChI=1S/C39H56N4O6S/c1-9-10-11-12-13-14-15-31(50)41-42-32(45)22-26(35(42)47)25-18-23(2)33-27(21-25)36(48)43(37(33)49)40-30(44)17-16-24-19-28(38(3,4)5)34(46)29(20-24)39(6,7)8/h18-20,25-27,33,46H,9-17,21-22H2,1-8H3,(H,40,44)(H,41,50). The van der Waals surface area contributed by atoms with Gasteiger partial charge in [-0.15, -0.1) is 0 Å². The van der Waals surface area contributed by atoms with E-state index in [1.54, 1.807) is 6.92 Å². The van der Waals surface area contributed by atoms with Gasteiger partial charge in [-0.2, -0.15) is 10.0 Å². The first kappa shape index (κ1) is 39.2. The number of aromatic hydroxyl groups is 1. The van der Waals surface area contributed by atoms with Gasteiger partial charge in [0.1, 0.15) is 5.75 Å². The molecule has 1 aliphatic carbocycles. The first-order valence-corrected chi connectivity index (χ1v) is 18.6. The van der Waals surface area contributed by atoms with Gasteiger partial charge in [0.2, 0.25) is 11.8 Å². The highest BCUT2D eigenvalue weighted by Gasteiger charge is 2.54. The van der Waals surface area contributed by atoms with Crippen molar-refractivity contribution in [2.24, 2.45) is 23.7 Å². The average Bonchev–Trinajstić information content (AvgIpc) is 3.43. The van der Waals surface area contributed by atoms with Crippen molar-refractivity contribution in [2.45, 2.75) is 137 Å². The van der Waals surface area contributed by atoms with E-state index < -0.39 is 41.4 Å². The van der Waals surface area contributed by atoms with E-state index in [1.165, 1.54) is 19.3 Å². The van der Waals surface area contributed by atoms with Gasteiger partial charge < -0.3 is 5.11 Å². The fraction of sp³-hybridized carbons (Fsp3) is 0.641. The van der Waals surface area contributed by atoms with Crippen LogP contribution in [0.1, 0.15) is 136 Å². The number of phenols is 1. The van der Waals surface area contributed by atoms with Crippen molar-refractivity contribution in [3.8, 4) is 5.75 Å². The maximum atomic E-state index is 13.6. The molecule has 3 N–H and O–H groups in total. The summed E-state index contributed by atoms with van der Waals surface area (Å²) in [5.74, 6) is -4.51. The average molecular weight is 709 g/mol. The summed E-state index contributed by atoms with van der Waals surface area (Å²) in [4.78, 5) is 67.0. The molecule has 50 heavy (non-hydrogen) atoms. The molecule has 10 nitrogen and oxygen atoms in total. The van der Waals surface area contributed by atoms with E-state index in [1.807, 2.05) is 59.8 Å². The molecule has 2 saturated heterocycles. The van der Waals surface area contributed by atoms with E-state index in [9.17, 15) is 29.1 Å². The van der Waals surface area contributed by atoms with E-state index in [0.717, 1.165) is 46.0 Å². The van der Waals surface area contributed by atoms with Crippen LogP contribution in [0.15, 0.2) is 23.8 Å². The SMILES string of the molecule is CCCCCCCCC(=S)NN1C(=O)CC(C2C=C(C)C3C(=O)N(NC(=O)CCc4cc(C(C)(C)C)c(O)c(C(C)(C)C)c4)C(=O)C3C2)C1=O. The highest BCUT2D eigenvalue weighted by Crippen LogP contribution is 2.44. The molecule has 0 bridgehead atoms. The maximum absolute atomic E-state index is 13.6. The third kappa shape index (κ3) is 8.82.